The van der Waals surface area contributed by atoms with Gasteiger partial charge in [0.1, 0.15) is 6.04 Å². The molecular weight excluding hydrogens is 372 g/mol. The van der Waals surface area contributed by atoms with Crippen molar-refractivity contribution in [3.05, 3.63) is 64.9 Å². The fourth-order valence-corrected chi connectivity index (χ4v) is 3.83. The Hall–Kier alpha value is -1.95. The zero-order valence-corrected chi connectivity index (χ0v) is 16.9. The van der Waals surface area contributed by atoms with Crippen molar-refractivity contribution in [1.82, 2.24) is 20.9 Å². The molecule has 6 heteroatoms. The first-order valence-corrected chi connectivity index (χ1v) is 10.5. The average Bonchev–Trinajstić information content (AvgIpc) is 2.72. The maximum atomic E-state index is 12.9. The minimum atomic E-state index is -0.391. The molecule has 2 heterocycles. The first-order chi connectivity index (χ1) is 13.7. The number of piperidine rings is 1. The third-order valence-electron chi connectivity index (χ3n) is 5.27. The van der Waals surface area contributed by atoms with E-state index in [2.05, 4.69) is 20.9 Å². The zero-order chi connectivity index (χ0) is 19.6. The maximum absolute atomic E-state index is 12.9. The summed E-state index contributed by atoms with van der Waals surface area (Å²) in [5.41, 5.74) is 2.06. The molecule has 2 aromatic rings. The molecule has 1 aliphatic heterocycles. The van der Waals surface area contributed by atoms with Crippen LogP contribution in [0.1, 0.15) is 36.4 Å². The molecule has 28 heavy (non-hydrogen) atoms. The van der Waals surface area contributed by atoms with Crippen LogP contribution in [-0.2, 0) is 11.2 Å². The van der Waals surface area contributed by atoms with Crippen molar-refractivity contribution in [2.45, 2.75) is 31.7 Å². The van der Waals surface area contributed by atoms with Crippen molar-refractivity contribution in [1.29, 1.82) is 0 Å². The van der Waals surface area contributed by atoms with E-state index < -0.39 is 6.04 Å². The van der Waals surface area contributed by atoms with Crippen LogP contribution in [0.3, 0.4) is 0 Å². The molecule has 1 atom stereocenters. The van der Waals surface area contributed by atoms with Crippen LogP contribution >= 0.6 is 11.6 Å². The lowest BCUT2D eigenvalue weighted by atomic mass is 9.94. The molecular formula is C22H29ClN4O. The molecule has 5 nitrogen and oxygen atoms in total. The SMILES string of the molecule is O=C(NCCc1ccncc1)[C@H](NCCC1CCNCC1)c1cccc(Cl)c1. The zero-order valence-electron chi connectivity index (χ0n) is 16.2. The van der Waals surface area contributed by atoms with E-state index in [1.807, 2.05) is 36.4 Å². The fourth-order valence-electron chi connectivity index (χ4n) is 3.63. The lowest BCUT2D eigenvalue weighted by Gasteiger charge is -2.24. The summed E-state index contributed by atoms with van der Waals surface area (Å²) in [5.74, 6) is 0.713. The van der Waals surface area contributed by atoms with Crippen LogP contribution in [0.15, 0.2) is 48.8 Å². The van der Waals surface area contributed by atoms with E-state index in [4.69, 9.17) is 11.6 Å². The highest BCUT2D eigenvalue weighted by Gasteiger charge is 2.21. The molecule has 0 saturated carbocycles. The Morgan fingerprint density at radius 2 is 1.96 bits per heavy atom. The summed E-state index contributed by atoms with van der Waals surface area (Å²) >= 11 is 6.16. The smallest absolute Gasteiger partial charge is 0.241 e. The molecule has 150 valence electrons. The predicted octanol–water partition coefficient (Wildman–Crippen LogP) is 3.11. The fraction of sp³-hybridized carbons (Fsp3) is 0.455. The van der Waals surface area contributed by atoms with Crippen LogP contribution in [0.25, 0.3) is 0 Å². The molecule has 1 aromatic carbocycles. The molecule has 0 bridgehead atoms. The summed E-state index contributed by atoms with van der Waals surface area (Å²) in [6, 6.07) is 11.1. The number of pyridine rings is 1. The Morgan fingerprint density at radius 1 is 1.18 bits per heavy atom. The van der Waals surface area contributed by atoms with Gasteiger partial charge in [-0.25, -0.2) is 0 Å². The van der Waals surface area contributed by atoms with Crippen LogP contribution < -0.4 is 16.0 Å². The number of amides is 1. The molecule has 1 aliphatic rings. The van der Waals surface area contributed by atoms with Gasteiger partial charge in [0.15, 0.2) is 0 Å². The van der Waals surface area contributed by atoms with Gasteiger partial charge in [0.2, 0.25) is 5.91 Å². The van der Waals surface area contributed by atoms with Crippen LogP contribution in [0.5, 0.6) is 0 Å². The minimum absolute atomic E-state index is 0.0124. The van der Waals surface area contributed by atoms with E-state index in [-0.39, 0.29) is 5.91 Å². The average molecular weight is 401 g/mol. The van der Waals surface area contributed by atoms with E-state index in [1.165, 1.54) is 12.8 Å². The number of carbonyl (C=O) groups is 1. The van der Waals surface area contributed by atoms with Crippen LogP contribution in [0.2, 0.25) is 5.02 Å². The maximum Gasteiger partial charge on any atom is 0.241 e. The third-order valence-corrected chi connectivity index (χ3v) is 5.50. The van der Waals surface area contributed by atoms with E-state index in [0.29, 0.717) is 11.6 Å². The van der Waals surface area contributed by atoms with Gasteiger partial charge < -0.3 is 16.0 Å². The molecule has 3 N–H and O–H groups in total. The van der Waals surface area contributed by atoms with Gasteiger partial charge in [0.05, 0.1) is 0 Å². The highest BCUT2D eigenvalue weighted by Crippen LogP contribution is 2.20. The van der Waals surface area contributed by atoms with Gasteiger partial charge in [-0.15, -0.1) is 0 Å². The van der Waals surface area contributed by atoms with Gasteiger partial charge in [0.25, 0.3) is 0 Å². The molecule has 0 spiro atoms. The van der Waals surface area contributed by atoms with Crippen LogP contribution in [-0.4, -0.2) is 37.1 Å². The minimum Gasteiger partial charge on any atom is -0.354 e. The van der Waals surface area contributed by atoms with Crippen LogP contribution in [0, 0.1) is 5.92 Å². The summed E-state index contributed by atoms with van der Waals surface area (Å²) in [6.07, 6.45) is 7.83. The second-order valence-electron chi connectivity index (χ2n) is 7.32. The molecule has 1 amide bonds. The topological polar surface area (TPSA) is 66.0 Å². The highest BCUT2D eigenvalue weighted by molar-refractivity contribution is 6.30. The summed E-state index contributed by atoms with van der Waals surface area (Å²) in [7, 11) is 0. The molecule has 0 unspecified atom stereocenters. The Balaban J connectivity index is 1.55. The second kappa shape index (κ2) is 11.1. The third kappa shape index (κ3) is 6.59. The Bertz CT molecular complexity index is 734. The van der Waals surface area contributed by atoms with E-state index >= 15 is 0 Å². The van der Waals surface area contributed by atoms with Gasteiger partial charge in [-0.2, -0.15) is 0 Å². The van der Waals surface area contributed by atoms with Gasteiger partial charge >= 0.3 is 0 Å². The first-order valence-electron chi connectivity index (χ1n) is 10.1. The van der Waals surface area contributed by atoms with Crippen molar-refractivity contribution in [3.63, 3.8) is 0 Å². The van der Waals surface area contributed by atoms with Crippen molar-refractivity contribution in [3.8, 4) is 0 Å². The van der Waals surface area contributed by atoms with E-state index in [9.17, 15) is 4.79 Å². The predicted molar refractivity (Wildman–Crippen MR) is 113 cm³/mol. The largest absolute Gasteiger partial charge is 0.354 e. The van der Waals surface area contributed by atoms with Crippen molar-refractivity contribution in [2.24, 2.45) is 5.92 Å². The Kier molecular flexibility index (Phi) is 8.27. The number of hydrogen-bond acceptors (Lipinski definition) is 4. The normalized spacial score (nSPS) is 15.9. The van der Waals surface area contributed by atoms with Crippen molar-refractivity contribution >= 4 is 17.5 Å². The van der Waals surface area contributed by atoms with Gasteiger partial charge in [-0.05, 0) is 86.6 Å². The molecule has 0 radical (unpaired) electrons. The molecule has 1 aromatic heterocycles. The van der Waals surface area contributed by atoms with E-state index in [1.54, 1.807) is 12.4 Å². The monoisotopic (exact) mass is 400 g/mol. The van der Waals surface area contributed by atoms with Crippen LogP contribution in [0.4, 0.5) is 0 Å². The summed E-state index contributed by atoms with van der Waals surface area (Å²) in [4.78, 5) is 16.9. The van der Waals surface area contributed by atoms with Crippen molar-refractivity contribution in [2.75, 3.05) is 26.2 Å². The van der Waals surface area contributed by atoms with Crippen molar-refractivity contribution < 1.29 is 4.79 Å². The Morgan fingerprint density at radius 3 is 2.71 bits per heavy atom. The number of carbonyl (C=O) groups excluding carboxylic acids is 1. The van der Waals surface area contributed by atoms with E-state index in [0.717, 1.165) is 49.5 Å². The molecule has 1 saturated heterocycles. The number of nitrogens with zero attached hydrogens (tertiary/aromatic N) is 1. The standard InChI is InChI=1S/C22H29ClN4O/c23-20-3-1-2-19(16-20)21(26-14-8-17-4-10-24-11-5-17)22(28)27-15-9-18-6-12-25-13-7-18/h1-3,6-7,12-13,16-17,21,24,26H,4-5,8-11,14-15H2,(H,27,28)/t21-/m1/s1. The highest BCUT2D eigenvalue weighted by atomic mass is 35.5. The number of nitrogens with one attached hydrogen (secondary N) is 3. The number of aromatic nitrogens is 1. The summed E-state index contributed by atoms with van der Waals surface area (Å²) in [6.45, 7) is 3.60. The van der Waals surface area contributed by atoms with Gasteiger partial charge in [-0.3, -0.25) is 9.78 Å². The first kappa shape index (κ1) is 20.8. The molecule has 0 aliphatic carbocycles. The lowest BCUT2D eigenvalue weighted by Crippen LogP contribution is -2.39. The Labute approximate surface area is 172 Å². The lowest BCUT2D eigenvalue weighted by molar-refractivity contribution is -0.123. The summed E-state index contributed by atoms with van der Waals surface area (Å²) < 4.78 is 0. The second-order valence-corrected chi connectivity index (χ2v) is 7.76. The number of benzene rings is 1. The number of hydrogen-bond donors (Lipinski definition) is 3. The molecule has 1 fully saturated rings. The summed E-state index contributed by atoms with van der Waals surface area (Å²) in [5, 5.41) is 10.6. The van der Waals surface area contributed by atoms with Gasteiger partial charge in [0, 0.05) is 24.0 Å². The number of halogens is 1. The molecule has 3 rings (SSSR count). The van der Waals surface area contributed by atoms with Gasteiger partial charge in [-0.1, -0.05) is 23.7 Å². The number of rotatable bonds is 9. The quantitative estimate of drug-likeness (QED) is 0.605.